The smallest absolute Gasteiger partial charge is 0.0709 e. The van der Waals surface area contributed by atoms with E-state index in [0.717, 1.165) is 18.4 Å². The minimum atomic E-state index is 0.365. The van der Waals surface area contributed by atoms with E-state index in [1.807, 2.05) is 0 Å². The zero-order valence-corrected chi connectivity index (χ0v) is 10.4. The van der Waals surface area contributed by atoms with Gasteiger partial charge >= 0.3 is 0 Å². The first-order valence-electron chi connectivity index (χ1n) is 6.77. The standard InChI is InChI=1S/C14H24N2/c1-3-14(4-2)16-9-7-13(8-10-16)15-11-12-5-6-12/h1,12-15H,4-11H2,2H3. The number of hydrogen-bond acceptors (Lipinski definition) is 2. The van der Waals surface area contributed by atoms with Crippen molar-refractivity contribution in [3.63, 3.8) is 0 Å². The van der Waals surface area contributed by atoms with Crippen molar-refractivity contribution in [2.45, 2.75) is 51.1 Å². The summed E-state index contributed by atoms with van der Waals surface area (Å²) in [5.74, 6) is 3.89. The van der Waals surface area contributed by atoms with Crippen LogP contribution in [0.5, 0.6) is 0 Å². The third-order valence-electron chi connectivity index (χ3n) is 3.94. The van der Waals surface area contributed by atoms with Crippen molar-refractivity contribution in [3.8, 4) is 12.3 Å². The maximum Gasteiger partial charge on any atom is 0.0709 e. The van der Waals surface area contributed by atoms with E-state index in [0.29, 0.717) is 6.04 Å². The Morgan fingerprint density at radius 2 is 2.00 bits per heavy atom. The number of terminal acetylenes is 1. The van der Waals surface area contributed by atoms with Crippen molar-refractivity contribution in [1.29, 1.82) is 0 Å². The summed E-state index contributed by atoms with van der Waals surface area (Å²) in [5.41, 5.74) is 0. The molecule has 1 atom stereocenters. The molecule has 16 heavy (non-hydrogen) atoms. The second-order valence-electron chi connectivity index (χ2n) is 5.25. The predicted octanol–water partition coefficient (Wildman–Crippen LogP) is 1.86. The van der Waals surface area contributed by atoms with Crippen LogP contribution < -0.4 is 5.32 Å². The van der Waals surface area contributed by atoms with Gasteiger partial charge in [-0.3, -0.25) is 4.90 Å². The van der Waals surface area contributed by atoms with Crippen LogP contribution in [-0.2, 0) is 0 Å². The maximum absolute atomic E-state index is 5.55. The van der Waals surface area contributed by atoms with E-state index in [1.54, 1.807) is 0 Å². The van der Waals surface area contributed by atoms with Crippen LogP contribution in [0.3, 0.4) is 0 Å². The summed E-state index contributed by atoms with van der Waals surface area (Å²) < 4.78 is 0. The Kier molecular flexibility index (Phi) is 4.26. The number of piperidine rings is 1. The van der Waals surface area contributed by atoms with Gasteiger partial charge in [-0.1, -0.05) is 12.8 Å². The van der Waals surface area contributed by atoms with Crippen LogP contribution in [0.15, 0.2) is 0 Å². The molecule has 1 N–H and O–H groups in total. The Balaban J connectivity index is 1.67. The fraction of sp³-hybridized carbons (Fsp3) is 0.857. The molecule has 2 aliphatic rings. The van der Waals surface area contributed by atoms with Crippen LogP contribution >= 0.6 is 0 Å². The highest BCUT2D eigenvalue weighted by Gasteiger charge is 2.25. The van der Waals surface area contributed by atoms with Gasteiger partial charge in [-0.25, -0.2) is 0 Å². The highest BCUT2D eigenvalue weighted by atomic mass is 15.2. The number of nitrogens with zero attached hydrogens (tertiary/aromatic N) is 1. The quantitative estimate of drug-likeness (QED) is 0.712. The zero-order chi connectivity index (χ0) is 11.4. The van der Waals surface area contributed by atoms with Crippen LogP contribution in [0.25, 0.3) is 0 Å². The van der Waals surface area contributed by atoms with Crippen LogP contribution in [-0.4, -0.2) is 36.6 Å². The highest BCUT2D eigenvalue weighted by Crippen LogP contribution is 2.28. The predicted molar refractivity (Wildman–Crippen MR) is 68.2 cm³/mol. The van der Waals surface area contributed by atoms with Gasteiger partial charge in [-0.15, -0.1) is 6.42 Å². The lowest BCUT2D eigenvalue weighted by Gasteiger charge is -2.35. The van der Waals surface area contributed by atoms with Crippen molar-refractivity contribution in [3.05, 3.63) is 0 Å². The molecule has 0 spiro atoms. The van der Waals surface area contributed by atoms with E-state index in [4.69, 9.17) is 6.42 Å². The summed E-state index contributed by atoms with van der Waals surface area (Å²) in [7, 11) is 0. The van der Waals surface area contributed by atoms with Crippen LogP contribution in [0.1, 0.15) is 39.0 Å². The number of rotatable bonds is 5. The Hall–Kier alpha value is -0.520. The Labute approximate surface area is 99.8 Å². The first kappa shape index (κ1) is 12.0. The van der Waals surface area contributed by atoms with Gasteiger partial charge in [0, 0.05) is 19.1 Å². The minimum Gasteiger partial charge on any atom is -0.314 e. The molecule has 1 aliphatic carbocycles. The van der Waals surface area contributed by atoms with Crippen molar-refractivity contribution in [1.82, 2.24) is 10.2 Å². The molecule has 0 aromatic carbocycles. The molecule has 1 aliphatic heterocycles. The third-order valence-corrected chi connectivity index (χ3v) is 3.94. The van der Waals surface area contributed by atoms with Gasteiger partial charge < -0.3 is 5.32 Å². The fourth-order valence-electron chi connectivity index (χ4n) is 2.55. The number of nitrogens with one attached hydrogen (secondary N) is 1. The monoisotopic (exact) mass is 220 g/mol. The number of hydrogen-bond donors (Lipinski definition) is 1. The Morgan fingerprint density at radius 3 is 2.50 bits per heavy atom. The zero-order valence-electron chi connectivity index (χ0n) is 10.4. The molecule has 0 bridgehead atoms. The lowest BCUT2D eigenvalue weighted by molar-refractivity contribution is 0.167. The molecule has 2 fully saturated rings. The average molecular weight is 220 g/mol. The topological polar surface area (TPSA) is 15.3 Å². The Morgan fingerprint density at radius 1 is 1.31 bits per heavy atom. The summed E-state index contributed by atoms with van der Waals surface area (Å²) in [6.45, 7) is 5.77. The molecule has 1 unspecified atom stereocenters. The van der Waals surface area contributed by atoms with E-state index in [-0.39, 0.29) is 0 Å². The minimum absolute atomic E-state index is 0.365. The molecule has 0 radical (unpaired) electrons. The molecule has 2 nitrogen and oxygen atoms in total. The van der Waals surface area contributed by atoms with Crippen LogP contribution in [0.2, 0.25) is 0 Å². The van der Waals surface area contributed by atoms with Gasteiger partial charge in [-0.05, 0) is 44.6 Å². The van der Waals surface area contributed by atoms with Gasteiger partial charge in [-0.2, -0.15) is 0 Å². The molecule has 1 saturated heterocycles. The molecule has 2 heteroatoms. The van der Waals surface area contributed by atoms with Crippen LogP contribution in [0, 0.1) is 18.3 Å². The fourth-order valence-corrected chi connectivity index (χ4v) is 2.55. The summed E-state index contributed by atoms with van der Waals surface area (Å²) in [6.07, 6.45) is 12.1. The van der Waals surface area contributed by atoms with Gasteiger partial charge in [0.2, 0.25) is 0 Å². The van der Waals surface area contributed by atoms with Gasteiger partial charge in [0.05, 0.1) is 6.04 Å². The second-order valence-corrected chi connectivity index (χ2v) is 5.25. The summed E-state index contributed by atoms with van der Waals surface area (Å²) in [6, 6.07) is 1.11. The molecule has 2 rings (SSSR count). The van der Waals surface area contributed by atoms with Crippen molar-refractivity contribution in [2.24, 2.45) is 5.92 Å². The van der Waals surface area contributed by atoms with Crippen LogP contribution in [0.4, 0.5) is 0 Å². The lowest BCUT2D eigenvalue weighted by atomic mass is 10.0. The molecular formula is C14H24N2. The first-order valence-corrected chi connectivity index (χ1v) is 6.77. The van der Waals surface area contributed by atoms with Crippen molar-refractivity contribution < 1.29 is 0 Å². The molecule has 0 aromatic rings. The van der Waals surface area contributed by atoms with Gasteiger partial charge in [0.15, 0.2) is 0 Å². The molecule has 1 heterocycles. The van der Waals surface area contributed by atoms with Crippen molar-refractivity contribution in [2.75, 3.05) is 19.6 Å². The molecular weight excluding hydrogens is 196 g/mol. The third kappa shape index (κ3) is 3.23. The van der Waals surface area contributed by atoms with E-state index >= 15 is 0 Å². The van der Waals surface area contributed by atoms with E-state index in [2.05, 4.69) is 23.1 Å². The summed E-state index contributed by atoms with van der Waals surface area (Å²) >= 11 is 0. The molecule has 90 valence electrons. The lowest BCUT2D eigenvalue weighted by Crippen LogP contribution is -2.46. The van der Waals surface area contributed by atoms with E-state index in [9.17, 15) is 0 Å². The summed E-state index contributed by atoms with van der Waals surface area (Å²) in [5, 5.41) is 3.70. The molecule has 0 aromatic heterocycles. The first-order chi connectivity index (χ1) is 7.83. The van der Waals surface area contributed by atoms with Gasteiger partial charge in [0.1, 0.15) is 0 Å². The Bertz CT molecular complexity index is 244. The largest absolute Gasteiger partial charge is 0.314 e. The summed E-state index contributed by atoms with van der Waals surface area (Å²) in [4.78, 5) is 2.47. The second kappa shape index (κ2) is 5.70. The van der Waals surface area contributed by atoms with E-state index < -0.39 is 0 Å². The molecule has 0 amide bonds. The highest BCUT2D eigenvalue weighted by molar-refractivity contribution is 5.00. The van der Waals surface area contributed by atoms with Crippen molar-refractivity contribution >= 4 is 0 Å². The maximum atomic E-state index is 5.55. The molecule has 1 saturated carbocycles. The average Bonchev–Trinajstić information content (AvgIpc) is 3.13. The van der Waals surface area contributed by atoms with Gasteiger partial charge in [0.25, 0.3) is 0 Å². The van der Waals surface area contributed by atoms with E-state index in [1.165, 1.54) is 45.3 Å². The number of likely N-dealkylation sites (tertiary alicyclic amines) is 1. The normalized spacial score (nSPS) is 25.2. The SMILES string of the molecule is C#CC(CC)N1CCC(NCC2CC2)CC1.